The van der Waals surface area contributed by atoms with Gasteiger partial charge in [-0.2, -0.15) is 0 Å². The normalized spacial score (nSPS) is 10.5. The average molecular weight is 314 g/mol. The van der Waals surface area contributed by atoms with Crippen molar-refractivity contribution in [3.63, 3.8) is 0 Å². The van der Waals surface area contributed by atoms with E-state index in [1.165, 1.54) is 25.3 Å². The van der Waals surface area contributed by atoms with E-state index < -0.39 is 5.97 Å². The summed E-state index contributed by atoms with van der Waals surface area (Å²) in [5.41, 5.74) is 1.70. The van der Waals surface area contributed by atoms with Gasteiger partial charge in [0.25, 0.3) is 0 Å². The summed E-state index contributed by atoms with van der Waals surface area (Å²) in [6.07, 6.45) is 3.55. The average Bonchev–Trinajstić information content (AvgIpc) is 2.59. The Labute approximate surface area is 133 Å². The largest absolute Gasteiger partial charge is 0.488 e. The van der Waals surface area contributed by atoms with Gasteiger partial charge in [0.1, 0.15) is 30.0 Å². The predicted molar refractivity (Wildman–Crippen MR) is 83.6 cm³/mol. The molecule has 0 amide bonds. The Kier molecular flexibility index (Phi) is 5.63. The maximum atomic E-state index is 12.9. The van der Waals surface area contributed by atoms with Gasteiger partial charge in [-0.25, -0.2) is 9.18 Å². The number of esters is 1. The summed E-state index contributed by atoms with van der Waals surface area (Å²) in [6.45, 7) is 0.188. The molecule has 2 aromatic rings. The van der Waals surface area contributed by atoms with Crippen molar-refractivity contribution >= 4 is 18.3 Å². The first-order valence-electron chi connectivity index (χ1n) is 6.85. The Balaban J connectivity index is 2.22. The standard InChI is InChI=1S/C18H15FO4/c1-22-18(21)16-11-13(3-2-10-20)6-9-17(16)23-12-14-4-7-15(19)8-5-14/h2-11H,12H2,1H3/b3-2-. The van der Waals surface area contributed by atoms with Gasteiger partial charge in [-0.05, 0) is 41.5 Å². The van der Waals surface area contributed by atoms with Gasteiger partial charge in [0.05, 0.1) is 7.11 Å². The quantitative estimate of drug-likeness (QED) is 0.466. The molecule has 4 nitrogen and oxygen atoms in total. The lowest BCUT2D eigenvalue weighted by atomic mass is 10.1. The zero-order valence-electron chi connectivity index (χ0n) is 12.5. The molecule has 0 heterocycles. The zero-order chi connectivity index (χ0) is 16.7. The molecule has 0 radical (unpaired) electrons. The maximum Gasteiger partial charge on any atom is 0.341 e. The molecule has 0 atom stereocenters. The van der Waals surface area contributed by atoms with E-state index in [-0.39, 0.29) is 18.0 Å². The molecule has 5 heteroatoms. The molecule has 0 N–H and O–H groups in total. The van der Waals surface area contributed by atoms with Gasteiger partial charge in [-0.1, -0.05) is 24.3 Å². The molecule has 0 aliphatic carbocycles. The summed E-state index contributed by atoms with van der Waals surface area (Å²) >= 11 is 0. The van der Waals surface area contributed by atoms with Crippen LogP contribution in [0, 0.1) is 5.82 Å². The van der Waals surface area contributed by atoms with Crippen LogP contribution in [0.4, 0.5) is 4.39 Å². The highest BCUT2D eigenvalue weighted by Gasteiger charge is 2.13. The van der Waals surface area contributed by atoms with Crippen molar-refractivity contribution in [3.8, 4) is 5.75 Å². The van der Waals surface area contributed by atoms with Crippen LogP contribution >= 0.6 is 0 Å². The van der Waals surface area contributed by atoms with E-state index >= 15 is 0 Å². The minimum absolute atomic E-state index is 0.188. The van der Waals surface area contributed by atoms with Crippen molar-refractivity contribution < 1.29 is 23.5 Å². The number of halogens is 1. The van der Waals surface area contributed by atoms with Crippen LogP contribution in [0.25, 0.3) is 6.08 Å². The Morgan fingerprint density at radius 3 is 2.57 bits per heavy atom. The number of methoxy groups -OCH3 is 1. The van der Waals surface area contributed by atoms with Crippen LogP contribution in [0.5, 0.6) is 5.75 Å². The molecule has 23 heavy (non-hydrogen) atoms. The van der Waals surface area contributed by atoms with Crippen molar-refractivity contribution in [2.24, 2.45) is 0 Å². The lowest BCUT2D eigenvalue weighted by Crippen LogP contribution is -2.06. The van der Waals surface area contributed by atoms with Crippen LogP contribution < -0.4 is 4.74 Å². The van der Waals surface area contributed by atoms with Gasteiger partial charge < -0.3 is 9.47 Å². The highest BCUT2D eigenvalue weighted by atomic mass is 19.1. The number of hydrogen-bond donors (Lipinski definition) is 0. The lowest BCUT2D eigenvalue weighted by molar-refractivity contribution is -0.104. The molecule has 0 fully saturated rings. The van der Waals surface area contributed by atoms with E-state index in [1.54, 1.807) is 36.4 Å². The maximum absolute atomic E-state index is 12.9. The van der Waals surface area contributed by atoms with E-state index in [0.29, 0.717) is 17.6 Å². The molecule has 0 spiro atoms. The molecule has 2 rings (SSSR count). The van der Waals surface area contributed by atoms with Crippen LogP contribution in [0.3, 0.4) is 0 Å². The van der Waals surface area contributed by atoms with Crippen LogP contribution in [-0.2, 0) is 16.1 Å². The topological polar surface area (TPSA) is 52.6 Å². The highest BCUT2D eigenvalue weighted by Crippen LogP contribution is 2.23. The molecular formula is C18H15FO4. The molecule has 0 unspecified atom stereocenters. The van der Waals surface area contributed by atoms with Gasteiger partial charge in [0.15, 0.2) is 0 Å². The summed E-state index contributed by atoms with van der Waals surface area (Å²) < 4.78 is 23.2. The van der Waals surface area contributed by atoms with Gasteiger partial charge >= 0.3 is 5.97 Å². The number of rotatable bonds is 6. The molecule has 0 saturated carbocycles. The fraction of sp³-hybridized carbons (Fsp3) is 0.111. The Morgan fingerprint density at radius 1 is 1.17 bits per heavy atom. The van der Waals surface area contributed by atoms with Gasteiger partial charge in [-0.15, -0.1) is 0 Å². The van der Waals surface area contributed by atoms with Gasteiger partial charge in [0, 0.05) is 0 Å². The van der Waals surface area contributed by atoms with Crippen molar-refractivity contribution in [2.75, 3.05) is 7.11 Å². The molecule has 0 saturated heterocycles. The minimum atomic E-state index is -0.541. The molecule has 118 valence electrons. The number of carbonyl (C=O) groups excluding carboxylic acids is 2. The molecule has 0 aromatic heterocycles. The molecule has 0 aliphatic rings. The van der Waals surface area contributed by atoms with Crippen molar-refractivity contribution in [3.05, 3.63) is 71.0 Å². The van der Waals surface area contributed by atoms with Crippen molar-refractivity contribution in [2.45, 2.75) is 6.61 Å². The first kappa shape index (κ1) is 16.4. The Hall–Kier alpha value is -2.95. The molecule has 0 aliphatic heterocycles. The first-order valence-corrected chi connectivity index (χ1v) is 6.85. The fourth-order valence-corrected chi connectivity index (χ4v) is 1.94. The number of carbonyl (C=O) groups is 2. The van der Waals surface area contributed by atoms with Gasteiger partial charge in [0.2, 0.25) is 0 Å². The Morgan fingerprint density at radius 2 is 1.91 bits per heavy atom. The number of allylic oxidation sites excluding steroid dienone is 1. The summed E-state index contributed by atoms with van der Waals surface area (Å²) in [5.74, 6) is -0.514. The summed E-state index contributed by atoms with van der Waals surface area (Å²) in [6, 6.07) is 10.8. The molecule has 0 bridgehead atoms. The smallest absolute Gasteiger partial charge is 0.341 e. The monoisotopic (exact) mass is 314 g/mol. The predicted octanol–water partition coefficient (Wildman–Crippen LogP) is 3.40. The van der Waals surface area contributed by atoms with Crippen molar-refractivity contribution in [1.29, 1.82) is 0 Å². The third-order valence-corrected chi connectivity index (χ3v) is 3.08. The third kappa shape index (κ3) is 4.51. The minimum Gasteiger partial charge on any atom is -0.488 e. The Bertz CT molecular complexity index is 720. The highest BCUT2D eigenvalue weighted by molar-refractivity contribution is 5.93. The molecular weight excluding hydrogens is 299 g/mol. The van der Waals surface area contributed by atoms with Gasteiger partial charge in [-0.3, -0.25) is 4.79 Å². The van der Waals surface area contributed by atoms with E-state index in [4.69, 9.17) is 9.47 Å². The second-order valence-corrected chi connectivity index (χ2v) is 4.66. The van der Waals surface area contributed by atoms with Crippen LogP contribution in [0.2, 0.25) is 0 Å². The second kappa shape index (κ2) is 7.89. The number of hydrogen-bond acceptors (Lipinski definition) is 4. The zero-order valence-corrected chi connectivity index (χ0v) is 12.5. The lowest BCUT2D eigenvalue weighted by Gasteiger charge is -2.11. The van der Waals surface area contributed by atoms with E-state index in [0.717, 1.165) is 5.56 Å². The second-order valence-electron chi connectivity index (χ2n) is 4.66. The summed E-state index contributed by atoms with van der Waals surface area (Å²) in [4.78, 5) is 22.2. The molecule has 2 aromatic carbocycles. The first-order chi connectivity index (χ1) is 11.1. The van der Waals surface area contributed by atoms with Crippen molar-refractivity contribution in [1.82, 2.24) is 0 Å². The van der Waals surface area contributed by atoms with E-state index in [1.807, 2.05) is 0 Å². The third-order valence-electron chi connectivity index (χ3n) is 3.08. The number of aldehydes is 1. The number of benzene rings is 2. The number of ether oxygens (including phenoxy) is 2. The van der Waals surface area contributed by atoms with E-state index in [9.17, 15) is 14.0 Å². The van der Waals surface area contributed by atoms with Crippen LogP contribution in [0.15, 0.2) is 48.5 Å². The van der Waals surface area contributed by atoms with Crippen LogP contribution in [0.1, 0.15) is 21.5 Å². The summed E-state index contributed by atoms with van der Waals surface area (Å²) in [7, 11) is 1.28. The SMILES string of the molecule is COC(=O)c1cc(/C=C\C=O)ccc1OCc1ccc(F)cc1. The van der Waals surface area contributed by atoms with Crippen LogP contribution in [-0.4, -0.2) is 19.4 Å². The summed E-state index contributed by atoms with van der Waals surface area (Å²) in [5, 5.41) is 0. The van der Waals surface area contributed by atoms with E-state index in [2.05, 4.69) is 0 Å². The fourth-order valence-electron chi connectivity index (χ4n) is 1.94.